The number of aryl methyl sites for hydroxylation is 1. The fraction of sp³-hybridized carbons (Fsp3) is 0.350. The minimum atomic E-state index is 0.522. The van der Waals surface area contributed by atoms with Crippen molar-refractivity contribution in [1.82, 2.24) is 14.3 Å². The second-order valence-corrected chi connectivity index (χ2v) is 6.89. The molecule has 4 rings (SSSR count). The van der Waals surface area contributed by atoms with Crippen LogP contribution in [0.5, 0.6) is 0 Å². The van der Waals surface area contributed by atoms with Crippen LogP contribution < -0.4 is 5.73 Å². The van der Waals surface area contributed by atoms with Crippen molar-refractivity contribution >= 4 is 5.65 Å². The summed E-state index contributed by atoms with van der Waals surface area (Å²) < 4.78 is 2.21. The van der Waals surface area contributed by atoms with E-state index in [1.54, 1.807) is 0 Å². The van der Waals surface area contributed by atoms with Gasteiger partial charge in [0.05, 0.1) is 11.9 Å². The minimum absolute atomic E-state index is 0.522. The van der Waals surface area contributed by atoms with Crippen LogP contribution in [0.2, 0.25) is 0 Å². The maximum Gasteiger partial charge on any atom is 0.136 e. The topological polar surface area (TPSA) is 46.6 Å². The predicted octanol–water partition coefficient (Wildman–Crippen LogP) is 2.82. The molecule has 2 aromatic heterocycles. The first kappa shape index (κ1) is 15.4. The smallest absolute Gasteiger partial charge is 0.136 e. The second-order valence-electron chi connectivity index (χ2n) is 6.89. The van der Waals surface area contributed by atoms with Crippen molar-refractivity contribution in [1.29, 1.82) is 0 Å². The summed E-state index contributed by atoms with van der Waals surface area (Å²) in [6.45, 7) is 5.89. The molecule has 1 aliphatic heterocycles. The molecular formula is C20H24N4. The van der Waals surface area contributed by atoms with Crippen LogP contribution >= 0.6 is 0 Å². The highest BCUT2D eigenvalue weighted by Crippen LogP contribution is 2.32. The van der Waals surface area contributed by atoms with Gasteiger partial charge in [-0.05, 0) is 36.6 Å². The number of nitrogens with zero attached hydrogens (tertiary/aromatic N) is 3. The van der Waals surface area contributed by atoms with Crippen molar-refractivity contribution < 1.29 is 0 Å². The third kappa shape index (κ3) is 2.83. The zero-order valence-electron chi connectivity index (χ0n) is 14.1. The molecular weight excluding hydrogens is 296 g/mol. The Labute approximate surface area is 142 Å². The largest absolute Gasteiger partial charge is 0.330 e. The van der Waals surface area contributed by atoms with Crippen LogP contribution in [0.15, 0.2) is 54.9 Å². The molecule has 0 amide bonds. The Morgan fingerprint density at radius 2 is 1.96 bits per heavy atom. The third-order valence-electron chi connectivity index (χ3n) is 5.16. The highest BCUT2D eigenvalue weighted by atomic mass is 15.2. The van der Waals surface area contributed by atoms with Gasteiger partial charge in [0.2, 0.25) is 0 Å². The SMILES string of the molecule is Cc1ccc2ncc(CN3C[C@@H](CN)[C@H](c4ccccc4)C3)n2c1. The van der Waals surface area contributed by atoms with Crippen molar-refractivity contribution in [2.75, 3.05) is 19.6 Å². The van der Waals surface area contributed by atoms with E-state index in [9.17, 15) is 0 Å². The number of pyridine rings is 1. The molecule has 1 aromatic carbocycles. The molecule has 3 aromatic rings. The van der Waals surface area contributed by atoms with Crippen LogP contribution in [0.3, 0.4) is 0 Å². The van der Waals surface area contributed by atoms with Crippen LogP contribution in [0, 0.1) is 12.8 Å². The van der Waals surface area contributed by atoms with Crippen molar-refractivity contribution in [3.05, 3.63) is 71.7 Å². The summed E-state index contributed by atoms with van der Waals surface area (Å²) in [6.07, 6.45) is 4.17. The summed E-state index contributed by atoms with van der Waals surface area (Å²) in [7, 11) is 0. The van der Waals surface area contributed by atoms with Crippen molar-refractivity contribution in [3.8, 4) is 0 Å². The highest BCUT2D eigenvalue weighted by Gasteiger charge is 2.33. The first-order valence-electron chi connectivity index (χ1n) is 8.64. The van der Waals surface area contributed by atoms with Gasteiger partial charge in [0.25, 0.3) is 0 Å². The summed E-state index contributed by atoms with van der Waals surface area (Å²) >= 11 is 0. The molecule has 0 saturated carbocycles. The number of hydrogen-bond acceptors (Lipinski definition) is 3. The van der Waals surface area contributed by atoms with Gasteiger partial charge >= 0.3 is 0 Å². The Balaban J connectivity index is 1.56. The first-order valence-corrected chi connectivity index (χ1v) is 8.64. The van der Waals surface area contributed by atoms with Crippen LogP contribution in [-0.2, 0) is 6.54 Å². The zero-order chi connectivity index (χ0) is 16.5. The van der Waals surface area contributed by atoms with Crippen molar-refractivity contribution in [2.24, 2.45) is 11.7 Å². The third-order valence-corrected chi connectivity index (χ3v) is 5.16. The van der Waals surface area contributed by atoms with Gasteiger partial charge in [0, 0.05) is 31.7 Å². The molecule has 1 saturated heterocycles. The number of benzene rings is 1. The summed E-state index contributed by atoms with van der Waals surface area (Å²) in [5.74, 6) is 1.05. The first-order chi connectivity index (χ1) is 11.7. The Morgan fingerprint density at radius 1 is 1.12 bits per heavy atom. The van der Waals surface area contributed by atoms with Gasteiger partial charge in [0.15, 0.2) is 0 Å². The molecule has 1 fully saturated rings. The Hall–Kier alpha value is -2.17. The standard InChI is InChI=1S/C20H24N4/c1-15-7-8-20-22-10-18(24(20)11-15)13-23-12-17(9-21)19(14-23)16-5-3-2-4-6-16/h2-8,10-11,17,19H,9,12-14,21H2,1H3/t17-,19+/m1/s1. The monoisotopic (exact) mass is 320 g/mol. The Kier molecular flexibility index (Phi) is 4.08. The molecule has 4 heteroatoms. The van der Waals surface area contributed by atoms with E-state index in [-0.39, 0.29) is 0 Å². The van der Waals surface area contributed by atoms with E-state index in [1.165, 1.54) is 16.8 Å². The van der Waals surface area contributed by atoms with E-state index in [4.69, 9.17) is 5.73 Å². The number of aromatic nitrogens is 2. The molecule has 0 bridgehead atoms. The molecule has 0 aliphatic carbocycles. The molecule has 0 unspecified atom stereocenters. The van der Waals surface area contributed by atoms with Gasteiger partial charge in [-0.2, -0.15) is 0 Å². The number of nitrogens with two attached hydrogens (primary N) is 1. The molecule has 24 heavy (non-hydrogen) atoms. The van der Waals surface area contributed by atoms with E-state index in [0.717, 1.165) is 31.8 Å². The van der Waals surface area contributed by atoms with Gasteiger partial charge in [-0.3, -0.25) is 4.90 Å². The average Bonchev–Trinajstić information content (AvgIpc) is 3.20. The number of likely N-dealkylation sites (tertiary alicyclic amines) is 1. The quantitative estimate of drug-likeness (QED) is 0.804. The van der Waals surface area contributed by atoms with Gasteiger partial charge in [-0.15, -0.1) is 0 Å². The summed E-state index contributed by atoms with van der Waals surface area (Å²) in [4.78, 5) is 7.04. The van der Waals surface area contributed by atoms with Gasteiger partial charge in [-0.1, -0.05) is 36.4 Å². The van der Waals surface area contributed by atoms with Crippen molar-refractivity contribution in [3.63, 3.8) is 0 Å². The number of imidazole rings is 1. The predicted molar refractivity (Wildman–Crippen MR) is 96.9 cm³/mol. The van der Waals surface area contributed by atoms with E-state index in [2.05, 4.69) is 69.9 Å². The average molecular weight is 320 g/mol. The van der Waals surface area contributed by atoms with Crippen LogP contribution in [0.4, 0.5) is 0 Å². The maximum absolute atomic E-state index is 6.06. The van der Waals surface area contributed by atoms with E-state index < -0.39 is 0 Å². The highest BCUT2D eigenvalue weighted by molar-refractivity contribution is 5.41. The lowest BCUT2D eigenvalue weighted by atomic mass is 9.89. The molecule has 4 nitrogen and oxygen atoms in total. The minimum Gasteiger partial charge on any atom is -0.330 e. The lowest BCUT2D eigenvalue weighted by molar-refractivity contribution is 0.312. The number of rotatable bonds is 4. The summed E-state index contributed by atoms with van der Waals surface area (Å²) in [6, 6.07) is 15.0. The number of hydrogen-bond donors (Lipinski definition) is 1. The van der Waals surface area contributed by atoms with Crippen LogP contribution in [0.25, 0.3) is 5.65 Å². The van der Waals surface area contributed by atoms with Crippen LogP contribution in [-0.4, -0.2) is 33.9 Å². The second kappa shape index (κ2) is 6.38. The summed E-state index contributed by atoms with van der Waals surface area (Å²) in [5, 5.41) is 0. The normalized spacial score (nSPS) is 21.6. The van der Waals surface area contributed by atoms with Gasteiger partial charge in [-0.25, -0.2) is 4.98 Å². The lowest BCUT2D eigenvalue weighted by Gasteiger charge is -2.16. The van der Waals surface area contributed by atoms with Gasteiger partial charge in [0.1, 0.15) is 5.65 Å². The molecule has 2 N–H and O–H groups in total. The summed E-state index contributed by atoms with van der Waals surface area (Å²) in [5.41, 5.74) is 11.0. The molecule has 2 atom stereocenters. The maximum atomic E-state index is 6.06. The van der Waals surface area contributed by atoms with Crippen molar-refractivity contribution in [2.45, 2.75) is 19.4 Å². The van der Waals surface area contributed by atoms with Gasteiger partial charge < -0.3 is 10.1 Å². The fourth-order valence-electron chi connectivity index (χ4n) is 3.89. The zero-order valence-corrected chi connectivity index (χ0v) is 14.1. The Morgan fingerprint density at radius 3 is 2.75 bits per heavy atom. The van der Waals surface area contributed by atoms with E-state index in [1.807, 2.05) is 6.20 Å². The number of fused-ring (bicyclic) bond motifs is 1. The van der Waals surface area contributed by atoms with E-state index in [0.29, 0.717) is 11.8 Å². The lowest BCUT2D eigenvalue weighted by Crippen LogP contribution is -2.23. The fourth-order valence-corrected chi connectivity index (χ4v) is 3.89. The van der Waals surface area contributed by atoms with Crippen LogP contribution in [0.1, 0.15) is 22.7 Å². The van der Waals surface area contributed by atoms with E-state index >= 15 is 0 Å². The molecule has 0 radical (unpaired) electrons. The molecule has 3 heterocycles. The molecule has 0 spiro atoms. The molecule has 1 aliphatic rings. The Bertz CT molecular complexity index is 824. The molecule has 124 valence electrons.